The predicted molar refractivity (Wildman–Crippen MR) is 94.8 cm³/mol. The number of nitrogen functional groups attached to an aromatic ring is 1. The zero-order valence-corrected chi connectivity index (χ0v) is 13.4. The molecule has 0 saturated carbocycles. The lowest BCUT2D eigenvalue weighted by atomic mass is 10.1. The van der Waals surface area contributed by atoms with Crippen LogP contribution in [0.4, 0.5) is 17.3 Å². The molecule has 0 aliphatic carbocycles. The number of hydrogen-bond acceptors (Lipinski definition) is 5. The van der Waals surface area contributed by atoms with Crippen molar-refractivity contribution in [3.63, 3.8) is 0 Å². The zero-order valence-electron chi connectivity index (χ0n) is 13.4. The maximum atomic E-state index is 6.10. The standard InChI is InChI=1S/C17H17N7/c1-23-16(9-14(22-23)11-6-4-3-5-7-11)20-15-8-13(18)12-10-19-24(2)17(12)21-15/h3-10H,1-2H3,(H3,18,20,21). The second kappa shape index (κ2) is 5.38. The number of pyridine rings is 1. The maximum Gasteiger partial charge on any atom is 0.161 e. The summed E-state index contributed by atoms with van der Waals surface area (Å²) in [5.74, 6) is 1.49. The highest BCUT2D eigenvalue weighted by atomic mass is 15.3. The van der Waals surface area contributed by atoms with Crippen molar-refractivity contribution in [2.24, 2.45) is 14.1 Å². The highest BCUT2D eigenvalue weighted by Crippen LogP contribution is 2.26. The molecule has 120 valence electrons. The number of hydrogen-bond donors (Lipinski definition) is 2. The second-order valence-corrected chi connectivity index (χ2v) is 5.63. The number of rotatable bonds is 3. The van der Waals surface area contributed by atoms with Crippen molar-refractivity contribution in [2.75, 3.05) is 11.1 Å². The van der Waals surface area contributed by atoms with E-state index in [1.807, 2.05) is 50.5 Å². The molecule has 0 aliphatic rings. The molecule has 0 bridgehead atoms. The average molecular weight is 319 g/mol. The number of benzene rings is 1. The van der Waals surface area contributed by atoms with E-state index in [2.05, 4.69) is 20.5 Å². The average Bonchev–Trinajstić information content (AvgIpc) is 3.13. The summed E-state index contributed by atoms with van der Waals surface area (Å²) in [5.41, 5.74) is 9.45. The van der Waals surface area contributed by atoms with E-state index in [1.54, 1.807) is 21.6 Å². The quantitative estimate of drug-likeness (QED) is 0.606. The largest absolute Gasteiger partial charge is 0.398 e. The van der Waals surface area contributed by atoms with Gasteiger partial charge < -0.3 is 11.1 Å². The van der Waals surface area contributed by atoms with Gasteiger partial charge in [-0.1, -0.05) is 30.3 Å². The van der Waals surface area contributed by atoms with Crippen molar-refractivity contribution in [1.29, 1.82) is 0 Å². The number of aryl methyl sites for hydroxylation is 2. The van der Waals surface area contributed by atoms with Crippen LogP contribution in [-0.4, -0.2) is 24.5 Å². The highest BCUT2D eigenvalue weighted by molar-refractivity contribution is 5.89. The first-order valence-electron chi connectivity index (χ1n) is 7.56. The summed E-state index contributed by atoms with van der Waals surface area (Å²) in [6.07, 6.45) is 1.72. The summed E-state index contributed by atoms with van der Waals surface area (Å²) in [7, 11) is 3.73. The predicted octanol–water partition coefficient (Wildman–Crippen LogP) is 2.69. The molecule has 7 nitrogen and oxygen atoms in total. The van der Waals surface area contributed by atoms with Crippen LogP contribution in [0.5, 0.6) is 0 Å². The Bertz CT molecular complexity index is 1010. The van der Waals surface area contributed by atoms with Gasteiger partial charge in [-0.3, -0.25) is 9.36 Å². The fraction of sp³-hybridized carbons (Fsp3) is 0.118. The summed E-state index contributed by atoms with van der Waals surface area (Å²) in [6.45, 7) is 0. The van der Waals surface area contributed by atoms with Gasteiger partial charge in [0.05, 0.1) is 17.3 Å². The van der Waals surface area contributed by atoms with E-state index in [-0.39, 0.29) is 0 Å². The van der Waals surface area contributed by atoms with E-state index in [0.717, 1.165) is 28.1 Å². The minimum Gasteiger partial charge on any atom is -0.398 e. The van der Waals surface area contributed by atoms with Gasteiger partial charge in [0.2, 0.25) is 0 Å². The molecule has 24 heavy (non-hydrogen) atoms. The minimum absolute atomic E-state index is 0.640. The van der Waals surface area contributed by atoms with Crippen molar-refractivity contribution in [3.05, 3.63) is 48.7 Å². The Balaban J connectivity index is 1.71. The molecule has 0 fully saturated rings. The molecule has 4 rings (SSSR count). The number of nitrogens with one attached hydrogen (secondary N) is 1. The third kappa shape index (κ3) is 2.36. The topological polar surface area (TPSA) is 86.6 Å². The van der Waals surface area contributed by atoms with Crippen LogP contribution in [0.2, 0.25) is 0 Å². The Morgan fingerprint density at radius 3 is 2.62 bits per heavy atom. The lowest BCUT2D eigenvalue weighted by Gasteiger charge is -2.07. The van der Waals surface area contributed by atoms with Crippen LogP contribution in [-0.2, 0) is 14.1 Å². The lowest BCUT2D eigenvalue weighted by Crippen LogP contribution is -2.03. The smallest absolute Gasteiger partial charge is 0.161 e. The van der Waals surface area contributed by atoms with Gasteiger partial charge in [-0.25, -0.2) is 4.98 Å². The monoisotopic (exact) mass is 319 g/mol. The van der Waals surface area contributed by atoms with E-state index in [4.69, 9.17) is 5.73 Å². The van der Waals surface area contributed by atoms with Crippen LogP contribution < -0.4 is 11.1 Å². The van der Waals surface area contributed by atoms with Crippen LogP contribution in [0.25, 0.3) is 22.3 Å². The lowest BCUT2D eigenvalue weighted by molar-refractivity contribution is 0.777. The second-order valence-electron chi connectivity index (χ2n) is 5.63. The number of aromatic nitrogens is 5. The first kappa shape index (κ1) is 14.3. The van der Waals surface area contributed by atoms with E-state index in [1.165, 1.54) is 0 Å². The van der Waals surface area contributed by atoms with Crippen LogP contribution in [0, 0.1) is 0 Å². The summed E-state index contributed by atoms with van der Waals surface area (Å²) in [4.78, 5) is 4.58. The van der Waals surface area contributed by atoms with E-state index < -0.39 is 0 Å². The molecule has 3 N–H and O–H groups in total. The van der Waals surface area contributed by atoms with Crippen molar-refractivity contribution in [1.82, 2.24) is 24.5 Å². The van der Waals surface area contributed by atoms with Gasteiger partial charge in [-0.05, 0) is 0 Å². The molecule has 0 radical (unpaired) electrons. The van der Waals surface area contributed by atoms with Gasteiger partial charge in [0, 0.05) is 37.5 Å². The van der Waals surface area contributed by atoms with Gasteiger partial charge in [-0.2, -0.15) is 10.2 Å². The van der Waals surface area contributed by atoms with Gasteiger partial charge >= 0.3 is 0 Å². The molecule has 1 aromatic carbocycles. The zero-order chi connectivity index (χ0) is 16.7. The van der Waals surface area contributed by atoms with Gasteiger partial charge in [0.25, 0.3) is 0 Å². The number of nitrogens with zero attached hydrogens (tertiary/aromatic N) is 5. The third-order valence-electron chi connectivity index (χ3n) is 3.94. The summed E-state index contributed by atoms with van der Waals surface area (Å²) < 4.78 is 3.49. The SMILES string of the molecule is Cn1nc(-c2ccccc2)cc1Nc1cc(N)c2cnn(C)c2n1. The van der Waals surface area contributed by atoms with Crippen molar-refractivity contribution < 1.29 is 0 Å². The number of nitrogens with two attached hydrogens (primary N) is 1. The molecule has 3 aromatic heterocycles. The van der Waals surface area contributed by atoms with E-state index >= 15 is 0 Å². The minimum atomic E-state index is 0.640. The Morgan fingerprint density at radius 2 is 1.83 bits per heavy atom. The molecule has 3 heterocycles. The molecule has 0 aliphatic heterocycles. The Morgan fingerprint density at radius 1 is 1.04 bits per heavy atom. The number of fused-ring (bicyclic) bond motifs is 1. The van der Waals surface area contributed by atoms with E-state index in [9.17, 15) is 0 Å². The van der Waals surface area contributed by atoms with E-state index in [0.29, 0.717) is 11.5 Å². The van der Waals surface area contributed by atoms with Gasteiger partial charge in [0.15, 0.2) is 5.65 Å². The molecular weight excluding hydrogens is 302 g/mol. The van der Waals surface area contributed by atoms with Crippen LogP contribution in [0.1, 0.15) is 0 Å². The van der Waals surface area contributed by atoms with Crippen molar-refractivity contribution >= 4 is 28.4 Å². The Kier molecular flexibility index (Phi) is 3.19. The highest BCUT2D eigenvalue weighted by Gasteiger charge is 2.11. The summed E-state index contributed by atoms with van der Waals surface area (Å²) >= 11 is 0. The van der Waals surface area contributed by atoms with Gasteiger partial charge in [-0.15, -0.1) is 0 Å². The summed E-state index contributed by atoms with van der Waals surface area (Å²) in [5, 5.41) is 12.9. The van der Waals surface area contributed by atoms with Gasteiger partial charge in [0.1, 0.15) is 11.6 Å². The molecule has 0 atom stereocenters. The number of anilines is 3. The van der Waals surface area contributed by atoms with Crippen LogP contribution in [0.15, 0.2) is 48.7 Å². The molecule has 7 heteroatoms. The van der Waals surface area contributed by atoms with Crippen molar-refractivity contribution in [2.45, 2.75) is 0 Å². The summed E-state index contributed by atoms with van der Waals surface area (Å²) in [6, 6.07) is 13.8. The Labute approximate surface area is 138 Å². The first-order chi connectivity index (χ1) is 11.6. The molecule has 0 amide bonds. The molecular formula is C17H17N7. The molecule has 0 saturated heterocycles. The van der Waals surface area contributed by atoms with Crippen molar-refractivity contribution in [3.8, 4) is 11.3 Å². The normalized spacial score (nSPS) is 11.1. The molecule has 0 unspecified atom stereocenters. The van der Waals surface area contributed by atoms with Crippen LogP contribution >= 0.6 is 0 Å². The third-order valence-corrected chi connectivity index (χ3v) is 3.94. The molecule has 4 aromatic rings. The fourth-order valence-electron chi connectivity index (χ4n) is 2.67. The Hall–Kier alpha value is -3.35. The maximum absolute atomic E-state index is 6.10. The van der Waals surface area contributed by atoms with Crippen LogP contribution in [0.3, 0.4) is 0 Å². The first-order valence-corrected chi connectivity index (χ1v) is 7.56. The molecule has 0 spiro atoms. The fourth-order valence-corrected chi connectivity index (χ4v) is 2.67.